The Balaban J connectivity index is 2.51. The third-order valence-corrected chi connectivity index (χ3v) is 2.90. The fourth-order valence-corrected chi connectivity index (χ4v) is 1.95. The van der Waals surface area contributed by atoms with Gasteiger partial charge in [-0.25, -0.2) is 0 Å². The number of rotatable bonds is 2. The molecule has 1 heterocycles. The van der Waals surface area contributed by atoms with E-state index in [0.29, 0.717) is 11.3 Å². The average molecular weight is 267 g/mol. The lowest BCUT2D eigenvalue weighted by molar-refractivity contribution is -0.139. The molecular formula is C14H12F3NO. The molecule has 2 aromatic rings. The van der Waals surface area contributed by atoms with Gasteiger partial charge in [-0.15, -0.1) is 0 Å². The van der Waals surface area contributed by atoms with Gasteiger partial charge in [0.2, 0.25) is 0 Å². The second-order valence-corrected chi connectivity index (χ2v) is 4.17. The summed E-state index contributed by atoms with van der Waals surface area (Å²) < 4.78 is 38.7. The highest BCUT2D eigenvalue weighted by atomic mass is 19.4. The Morgan fingerprint density at radius 1 is 1.05 bits per heavy atom. The van der Waals surface area contributed by atoms with Crippen LogP contribution in [0.4, 0.5) is 13.2 Å². The fraction of sp³-hybridized carbons (Fsp3) is 0.214. The maximum absolute atomic E-state index is 12.9. The summed E-state index contributed by atoms with van der Waals surface area (Å²) in [6, 6.07) is 8.17. The van der Waals surface area contributed by atoms with E-state index in [2.05, 4.69) is 4.98 Å². The molecule has 1 aromatic heterocycles. The van der Waals surface area contributed by atoms with Crippen LogP contribution in [0.5, 0.6) is 0 Å². The van der Waals surface area contributed by atoms with Gasteiger partial charge in [-0.2, -0.15) is 13.2 Å². The lowest BCUT2D eigenvalue weighted by atomic mass is 9.96. The van der Waals surface area contributed by atoms with E-state index in [1.165, 1.54) is 24.4 Å². The van der Waals surface area contributed by atoms with Crippen LogP contribution >= 0.6 is 0 Å². The molecule has 100 valence electrons. The second-order valence-electron chi connectivity index (χ2n) is 4.17. The van der Waals surface area contributed by atoms with Crippen molar-refractivity contribution >= 4 is 0 Å². The minimum absolute atomic E-state index is 0.161. The van der Waals surface area contributed by atoms with Crippen molar-refractivity contribution in [1.29, 1.82) is 0 Å². The molecule has 2 nitrogen and oxygen atoms in total. The van der Waals surface area contributed by atoms with Crippen molar-refractivity contribution in [2.75, 3.05) is 0 Å². The normalized spacial score (nSPS) is 13.3. The van der Waals surface area contributed by atoms with E-state index < -0.39 is 17.8 Å². The molecule has 0 saturated carbocycles. The van der Waals surface area contributed by atoms with Crippen molar-refractivity contribution in [3.05, 3.63) is 65.0 Å². The monoisotopic (exact) mass is 267 g/mol. The molecule has 2 rings (SSSR count). The molecule has 0 radical (unpaired) electrons. The molecule has 0 aliphatic carbocycles. The summed E-state index contributed by atoms with van der Waals surface area (Å²) in [7, 11) is 0. The Hall–Kier alpha value is -1.88. The summed E-state index contributed by atoms with van der Waals surface area (Å²) >= 11 is 0. The van der Waals surface area contributed by atoms with E-state index in [1.807, 2.05) is 0 Å². The molecule has 0 aliphatic heterocycles. The van der Waals surface area contributed by atoms with Gasteiger partial charge < -0.3 is 5.11 Å². The third-order valence-electron chi connectivity index (χ3n) is 2.90. The highest BCUT2D eigenvalue weighted by molar-refractivity contribution is 5.38. The number of aromatic nitrogens is 1. The number of aliphatic hydroxyl groups is 1. The first kappa shape index (κ1) is 13.5. The van der Waals surface area contributed by atoms with Crippen molar-refractivity contribution in [2.45, 2.75) is 19.2 Å². The van der Waals surface area contributed by atoms with Crippen LogP contribution in [0.3, 0.4) is 0 Å². The van der Waals surface area contributed by atoms with Crippen LogP contribution < -0.4 is 0 Å². The quantitative estimate of drug-likeness (QED) is 0.903. The first-order valence-electron chi connectivity index (χ1n) is 5.67. The van der Waals surface area contributed by atoms with Crippen molar-refractivity contribution in [3.63, 3.8) is 0 Å². The Kier molecular flexibility index (Phi) is 3.57. The highest BCUT2D eigenvalue weighted by Crippen LogP contribution is 2.36. The number of nitrogens with zero attached hydrogens (tertiary/aromatic N) is 1. The Labute approximate surface area is 108 Å². The predicted molar refractivity (Wildman–Crippen MR) is 64.5 cm³/mol. The van der Waals surface area contributed by atoms with Gasteiger partial charge in [0.25, 0.3) is 0 Å². The summed E-state index contributed by atoms with van der Waals surface area (Å²) in [5.74, 6) is 0. The van der Waals surface area contributed by atoms with Crippen LogP contribution in [0, 0.1) is 6.92 Å². The summed E-state index contributed by atoms with van der Waals surface area (Å²) in [5.41, 5.74) is -0.108. The zero-order valence-corrected chi connectivity index (χ0v) is 10.1. The van der Waals surface area contributed by atoms with Crippen LogP contribution in [0.25, 0.3) is 0 Å². The van der Waals surface area contributed by atoms with Crippen molar-refractivity contribution in [1.82, 2.24) is 4.98 Å². The lowest BCUT2D eigenvalue weighted by Gasteiger charge is -2.18. The Morgan fingerprint density at radius 3 is 2.32 bits per heavy atom. The maximum Gasteiger partial charge on any atom is 0.416 e. The van der Waals surface area contributed by atoms with Crippen LogP contribution in [-0.4, -0.2) is 10.1 Å². The minimum atomic E-state index is -4.49. The molecule has 5 heteroatoms. The standard InChI is InChI=1S/C14H12F3NO/c1-9-10(6-4-8-18-9)13(19)11-5-2-3-7-12(11)14(15,16)17/h2-8,13,19H,1H3. The largest absolute Gasteiger partial charge is 0.416 e. The minimum Gasteiger partial charge on any atom is -0.384 e. The van der Waals surface area contributed by atoms with Crippen molar-refractivity contribution in [3.8, 4) is 0 Å². The smallest absolute Gasteiger partial charge is 0.384 e. The predicted octanol–water partition coefficient (Wildman–Crippen LogP) is 3.49. The number of aliphatic hydroxyl groups excluding tert-OH is 1. The number of hydrogen-bond donors (Lipinski definition) is 1. The molecule has 0 aliphatic rings. The summed E-state index contributed by atoms with van der Waals surface area (Å²) in [6.45, 7) is 1.65. The van der Waals surface area contributed by atoms with Gasteiger partial charge in [0.1, 0.15) is 6.10 Å². The first-order valence-corrected chi connectivity index (χ1v) is 5.67. The van der Waals surface area contributed by atoms with E-state index in [0.717, 1.165) is 6.07 Å². The summed E-state index contributed by atoms with van der Waals surface area (Å²) in [6.07, 6.45) is -4.30. The molecule has 1 aromatic carbocycles. The molecule has 1 N–H and O–H groups in total. The number of alkyl halides is 3. The Bertz CT molecular complexity index is 581. The molecular weight excluding hydrogens is 255 g/mol. The molecule has 0 bridgehead atoms. The van der Waals surface area contributed by atoms with E-state index in [-0.39, 0.29) is 5.56 Å². The van der Waals surface area contributed by atoms with Gasteiger partial charge in [0.15, 0.2) is 0 Å². The Morgan fingerprint density at radius 2 is 1.68 bits per heavy atom. The molecule has 0 fully saturated rings. The van der Waals surface area contributed by atoms with Gasteiger partial charge in [0, 0.05) is 17.5 Å². The first-order chi connectivity index (χ1) is 8.91. The molecule has 19 heavy (non-hydrogen) atoms. The van der Waals surface area contributed by atoms with Gasteiger partial charge in [0.05, 0.1) is 5.56 Å². The van der Waals surface area contributed by atoms with Crippen LogP contribution in [0.15, 0.2) is 42.6 Å². The zero-order valence-electron chi connectivity index (χ0n) is 10.1. The summed E-state index contributed by atoms with van der Waals surface area (Å²) in [4.78, 5) is 3.98. The lowest BCUT2D eigenvalue weighted by Crippen LogP contribution is -2.13. The molecule has 0 amide bonds. The molecule has 0 spiro atoms. The average Bonchev–Trinajstić information content (AvgIpc) is 2.37. The van der Waals surface area contributed by atoms with Gasteiger partial charge in [-0.3, -0.25) is 4.98 Å². The van der Waals surface area contributed by atoms with Crippen molar-refractivity contribution < 1.29 is 18.3 Å². The fourth-order valence-electron chi connectivity index (χ4n) is 1.95. The second kappa shape index (κ2) is 5.01. The third kappa shape index (κ3) is 2.76. The number of halogens is 3. The molecule has 0 saturated heterocycles. The zero-order chi connectivity index (χ0) is 14.0. The number of hydrogen-bond acceptors (Lipinski definition) is 2. The number of pyridine rings is 1. The number of benzene rings is 1. The van der Waals surface area contributed by atoms with Crippen LogP contribution in [0.2, 0.25) is 0 Å². The highest BCUT2D eigenvalue weighted by Gasteiger charge is 2.35. The number of aryl methyl sites for hydroxylation is 1. The molecule has 1 unspecified atom stereocenters. The van der Waals surface area contributed by atoms with Gasteiger partial charge >= 0.3 is 6.18 Å². The van der Waals surface area contributed by atoms with Crippen LogP contribution in [-0.2, 0) is 6.18 Å². The topological polar surface area (TPSA) is 33.1 Å². The van der Waals surface area contributed by atoms with E-state index in [1.54, 1.807) is 19.1 Å². The van der Waals surface area contributed by atoms with Gasteiger partial charge in [-0.05, 0) is 24.6 Å². The summed E-state index contributed by atoms with van der Waals surface area (Å²) in [5, 5.41) is 10.2. The maximum atomic E-state index is 12.9. The van der Waals surface area contributed by atoms with Crippen molar-refractivity contribution in [2.24, 2.45) is 0 Å². The van der Waals surface area contributed by atoms with E-state index >= 15 is 0 Å². The van der Waals surface area contributed by atoms with Gasteiger partial charge in [-0.1, -0.05) is 24.3 Å². The SMILES string of the molecule is Cc1ncccc1C(O)c1ccccc1C(F)(F)F. The van der Waals surface area contributed by atoms with E-state index in [4.69, 9.17) is 0 Å². The van der Waals surface area contributed by atoms with E-state index in [9.17, 15) is 18.3 Å². The molecule has 1 atom stereocenters. The van der Waals surface area contributed by atoms with Crippen LogP contribution in [0.1, 0.15) is 28.5 Å².